The largest absolute Gasteiger partial charge is 0.332 e. The van der Waals surface area contributed by atoms with E-state index in [2.05, 4.69) is 6.58 Å². The van der Waals surface area contributed by atoms with Crippen LogP contribution in [0.3, 0.4) is 0 Å². The quantitative estimate of drug-likeness (QED) is 0.586. The second-order valence-electron chi connectivity index (χ2n) is 3.63. The van der Waals surface area contributed by atoms with Crippen LogP contribution in [-0.4, -0.2) is 22.9 Å². The second-order valence-corrected chi connectivity index (χ2v) is 3.63. The minimum absolute atomic E-state index is 0.346. The van der Waals surface area contributed by atoms with E-state index >= 15 is 0 Å². The first-order chi connectivity index (χ1) is 5.30. The molecule has 0 saturated heterocycles. The van der Waals surface area contributed by atoms with Gasteiger partial charge in [0, 0.05) is 12.1 Å². The van der Waals surface area contributed by atoms with Crippen LogP contribution >= 0.6 is 0 Å². The molecule has 0 aromatic rings. The number of amides is 1. The van der Waals surface area contributed by atoms with Gasteiger partial charge in [-0.05, 0) is 27.7 Å². The SMILES string of the molecule is C=C(F)C(=O)N(CC)C(C)(C)C. The average Bonchev–Trinajstić information content (AvgIpc) is 1.85. The van der Waals surface area contributed by atoms with Gasteiger partial charge in [0.15, 0.2) is 5.83 Å². The molecule has 0 fully saturated rings. The Bertz CT molecular complexity index is 193. The molecule has 0 aliphatic carbocycles. The highest BCUT2D eigenvalue weighted by molar-refractivity contribution is 5.91. The van der Waals surface area contributed by atoms with Crippen molar-refractivity contribution < 1.29 is 9.18 Å². The Morgan fingerprint density at radius 1 is 1.50 bits per heavy atom. The lowest BCUT2D eigenvalue weighted by atomic mass is 10.1. The standard InChI is InChI=1S/C9H16FNO/c1-6-11(9(3,4)5)8(12)7(2)10/h2,6H2,1,3-5H3. The molecule has 3 heteroatoms. The number of carbonyl (C=O) groups is 1. The van der Waals surface area contributed by atoms with Crippen molar-refractivity contribution in [1.82, 2.24) is 4.90 Å². The van der Waals surface area contributed by atoms with Crippen LogP contribution in [0.25, 0.3) is 0 Å². The molecule has 0 bridgehead atoms. The van der Waals surface area contributed by atoms with Gasteiger partial charge in [-0.25, -0.2) is 4.39 Å². The Hall–Kier alpha value is -0.860. The van der Waals surface area contributed by atoms with Gasteiger partial charge in [0.05, 0.1) is 0 Å². The summed E-state index contributed by atoms with van der Waals surface area (Å²) in [6, 6.07) is 0. The zero-order chi connectivity index (χ0) is 9.94. The van der Waals surface area contributed by atoms with Gasteiger partial charge in [0.1, 0.15) is 0 Å². The van der Waals surface area contributed by atoms with Crippen LogP contribution < -0.4 is 0 Å². The molecule has 0 atom stereocenters. The molecule has 1 amide bonds. The summed E-state index contributed by atoms with van der Waals surface area (Å²) in [4.78, 5) is 12.6. The maximum atomic E-state index is 12.5. The zero-order valence-corrected chi connectivity index (χ0v) is 8.15. The van der Waals surface area contributed by atoms with Crippen molar-refractivity contribution in [2.75, 3.05) is 6.54 Å². The fraction of sp³-hybridized carbons (Fsp3) is 0.667. The number of likely N-dealkylation sites (N-methyl/N-ethyl adjacent to an activating group) is 1. The monoisotopic (exact) mass is 173 g/mol. The Morgan fingerprint density at radius 2 is 1.92 bits per heavy atom. The van der Waals surface area contributed by atoms with E-state index < -0.39 is 11.7 Å². The normalized spacial score (nSPS) is 11.1. The maximum absolute atomic E-state index is 12.5. The van der Waals surface area contributed by atoms with E-state index in [1.165, 1.54) is 4.90 Å². The Morgan fingerprint density at radius 3 is 2.00 bits per heavy atom. The Labute approximate surface area is 73.1 Å². The molecule has 0 unspecified atom stereocenters. The predicted molar refractivity (Wildman–Crippen MR) is 47.4 cm³/mol. The highest BCUT2D eigenvalue weighted by Crippen LogP contribution is 2.15. The molecule has 0 rings (SSSR count). The lowest BCUT2D eigenvalue weighted by Crippen LogP contribution is -2.45. The number of halogens is 1. The van der Waals surface area contributed by atoms with Crippen LogP contribution in [0.1, 0.15) is 27.7 Å². The van der Waals surface area contributed by atoms with E-state index in [1.54, 1.807) is 0 Å². The van der Waals surface area contributed by atoms with Gasteiger partial charge in [-0.1, -0.05) is 6.58 Å². The number of nitrogens with zero attached hydrogens (tertiary/aromatic N) is 1. The van der Waals surface area contributed by atoms with Crippen LogP contribution in [0, 0.1) is 0 Å². The topological polar surface area (TPSA) is 20.3 Å². The van der Waals surface area contributed by atoms with Crippen LogP contribution in [0.2, 0.25) is 0 Å². The number of rotatable bonds is 2. The smallest absolute Gasteiger partial charge is 0.282 e. The summed E-state index contributed by atoms with van der Waals surface area (Å²) in [7, 11) is 0. The van der Waals surface area contributed by atoms with Crippen molar-refractivity contribution in [2.45, 2.75) is 33.2 Å². The molecule has 0 aromatic carbocycles. The highest BCUT2D eigenvalue weighted by atomic mass is 19.1. The van der Waals surface area contributed by atoms with Gasteiger partial charge in [0.2, 0.25) is 0 Å². The lowest BCUT2D eigenvalue weighted by Gasteiger charge is -2.34. The van der Waals surface area contributed by atoms with Crippen molar-refractivity contribution in [2.24, 2.45) is 0 Å². The van der Waals surface area contributed by atoms with Crippen LogP contribution in [-0.2, 0) is 4.79 Å². The fourth-order valence-corrected chi connectivity index (χ4v) is 1.07. The third-order valence-corrected chi connectivity index (χ3v) is 1.60. The maximum Gasteiger partial charge on any atom is 0.282 e. The summed E-state index contributed by atoms with van der Waals surface area (Å²) in [6.07, 6.45) is 0. The van der Waals surface area contributed by atoms with E-state index in [1.807, 2.05) is 27.7 Å². The third-order valence-electron chi connectivity index (χ3n) is 1.60. The van der Waals surface area contributed by atoms with Gasteiger partial charge in [-0.2, -0.15) is 0 Å². The van der Waals surface area contributed by atoms with E-state index in [0.29, 0.717) is 6.54 Å². The summed E-state index contributed by atoms with van der Waals surface area (Å²) in [5.74, 6) is -1.52. The minimum atomic E-state index is -0.897. The highest BCUT2D eigenvalue weighted by Gasteiger charge is 2.26. The third kappa shape index (κ3) is 2.64. The van der Waals surface area contributed by atoms with Crippen molar-refractivity contribution in [3.63, 3.8) is 0 Å². The minimum Gasteiger partial charge on any atom is -0.332 e. The lowest BCUT2D eigenvalue weighted by molar-refractivity contribution is -0.132. The van der Waals surface area contributed by atoms with Gasteiger partial charge < -0.3 is 4.90 Å². The molecule has 0 spiro atoms. The van der Waals surface area contributed by atoms with Crippen LogP contribution in [0.15, 0.2) is 12.4 Å². The average molecular weight is 173 g/mol. The molecular weight excluding hydrogens is 157 g/mol. The summed E-state index contributed by atoms with van der Waals surface area (Å²) in [5.41, 5.74) is -0.346. The van der Waals surface area contributed by atoms with E-state index in [9.17, 15) is 9.18 Å². The zero-order valence-electron chi connectivity index (χ0n) is 8.15. The van der Waals surface area contributed by atoms with Gasteiger partial charge in [-0.3, -0.25) is 4.79 Å². The van der Waals surface area contributed by atoms with Crippen molar-refractivity contribution in [3.8, 4) is 0 Å². The van der Waals surface area contributed by atoms with Gasteiger partial charge in [-0.15, -0.1) is 0 Å². The first-order valence-electron chi connectivity index (χ1n) is 3.97. The van der Waals surface area contributed by atoms with E-state index in [0.717, 1.165) is 0 Å². The first-order valence-corrected chi connectivity index (χ1v) is 3.97. The molecule has 70 valence electrons. The fourth-order valence-electron chi connectivity index (χ4n) is 1.07. The van der Waals surface area contributed by atoms with E-state index in [-0.39, 0.29) is 5.54 Å². The number of hydrogen-bond donors (Lipinski definition) is 0. The first kappa shape index (κ1) is 11.1. The molecular formula is C9H16FNO. The van der Waals surface area contributed by atoms with E-state index in [4.69, 9.17) is 0 Å². The van der Waals surface area contributed by atoms with Crippen LogP contribution in [0.5, 0.6) is 0 Å². The molecule has 0 aromatic heterocycles. The van der Waals surface area contributed by atoms with Crippen molar-refractivity contribution in [1.29, 1.82) is 0 Å². The summed E-state index contributed by atoms with van der Waals surface area (Å²) >= 11 is 0. The second kappa shape index (κ2) is 3.70. The summed E-state index contributed by atoms with van der Waals surface area (Å²) < 4.78 is 12.5. The molecule has 0 radical (unpaired) electrons. The predicted octanol–water partition coefficient (Wildman–Crippen LogP) is 2.12. The molecule has 0 heterocycles. The molecule has 0 N–H and O–H groups in total. The summed E-state index contributed by atoms with van der Waals surface area (Å²) in [6.45, 7) is 10.9. The van der Waals surface area contributed by atoms with Crippen LogP contribution in [0.4, 0.5) is 4.39 Å². The van der Waals surface area contributed by atoms with Crippen molar-refractivity contribution in [3.05, 3.63) is 12.4 Å². The molecule has 2 nitrogen and oxygen atoms in total. The van der Waals surface area contributed by atoms with Crippen molar-refractivity contribution >= 4 is 5.91 Å². The van der Waals surface area contributed by atoms with Gasteiger partial charge >= 0.3 is 0 Å². The number of hydrogen-bond acceptors (Lipinski definition) is 1. The Balaban J connectivity index is 4.58. The molecule has 0 saturated carbocycles. The molecule has 0 aliphatic rings. The molecule has 0 aliphatic heterocycles. The number of carbonyl (C=O) groups excluding carboxylic acids is 1. The molecule has 12 heavy (non-hydrogen) atoms. The Kier molecular flexibility index (Phi) is 3.43. The summed E-state index contributed by atoms with van der Waals surface area (Å²) in [5, 5.41) is 0. The van der Waals surface area contributed by atoms with Gasteiger partial charge in [0.25, 0.3) is 5.91 Å².